The summed E-state index contributed by atoms with van der Waals surface area (Å²) in [6, 6.07) is 55.6. The van der Waals surface area contributed by atoms with Gasteiger partial charge in [0.2, 0.25) is 0 Å². The van der Waals surface area contributed by atoms with E-state index >= 15 is 0 Å². The summed E-state index contributed by atoms with van der Waals surface area (Å²) in [5.41, 5.74) is 21.7. The summed E-state index contributed by atoms with van der Waals surface area (Å²) in [7, 11) is 0. The number of rotatable bonds is 7. The average Bonchev–Trinajstić information content (AvgIpc) is 3.42. The zero-order valence-corrected chi connectivity index (χ0v) is 27.0. The number of nitrogens with one attached hydrogen (secondary N) is 2. The smallest absolute Gasteiger partial charge is 0.0542 e. The summed E-state index contributed by atoms with van der Waals surface area (Å²) >= 11 is 0. The molecule has 0 radical (unpaired) electrons. The van der Waals surface area contributed by atoms with E-state index in [0.717, 1.165) is 45.2 Å². The van der Waals surface area contributed by atoms with Gasteiger partial charge in [0.15, 0.2) is 0 Å². The Balaban J connectivity index is 1.20. The van der Waals surface area contributed by atoms with E-state index in [2.05, 4.69) is 175 Å². The Kier molecular flexibility index (Phi) is 7.39. The van der Waals surface area contributed by atoms with Gasteiger partial charge in [-0.1, -0.05) is 72.8 Å². The van der Waals surface area contributed by atoms with Crippen molar-refractivity contribution in [1.29, 1.82) is 0 Å². The fraction of sp³-hybridized carbons (Fsp3) is 0.0455. The predicted octanol–water partition coefficient (Wildman–Crippen LogP) is 11.8. The lowest BCUT2D eigenvalue weighted by Gasteiger charge is -2.11. The molecule has 232 valence electrons. The molecule has 0 fully saturated rings. The number of hydrogen-bond acceptors (Lipinski definition) is 3. The highest BCUT2D eigenvalue weighted by molar-refractivity contribution is 6.11. The van der Waals surface area contributed by atoms with Gasteiger partial charge in [-0.2, -0.15) is 0 Å². The molecule has 48 heavy (non-hydrogen) atoms. The van der Waals surface area contributed by atoms with E-state index in [4.69, 9.17) is 5.73 Å². The van der Waals surface area contributed by atoms with E-state index in [1.165, 1.54) is 44.2 Å². The molecule has 4 heteroatoms. The van der Waals surface area contributed by atoms with Crippen molar-refractivity contribution >= 4 is 50.2 Å². The van der Waals surface area contributed by atoms with Crippen LogP contribution in [0.25, 0.3) is 49.7 Å². The average molecular weight is 621 g/mol. The van der Waals surface area contributed by atoms with E-state index in [0.29, 0.717) is 0 Å². The van der Waals surface area contributed by atoms with Crippen molar-refractivity contribution < 1.29 is 0 Å². The minimum atomic E-state index is 0.748. The predicted molar refractivity (Wildman–Crippen MR) is 205 cm³/mol. The highest BCUT2D eigenvalue weighted by Gasteiger charge is 2.15. The Morgan fingerprint density at radius 1 is 0.438 bits per heavy atom. The fourth-order valence-corrected chi connectivity index (χ4v) is 6.74. The van der Waals surface area contributed by atoms with Gasteiger partial charge in [-0.05, 0) is 132 Å². The number of anilines is 5. The number of benzene rings is 7. The minimum Gasteiger partial charge on any atom is -0.399 e. The number of fused-ring (bicyclic) bond motifs is 3. The van der Waals surface area contributed by atoms with Crippen LogP contribution in [-0.2, 0) is 0 Å². The molecule has 0 atom stereocenters. The molecule has 8 rings (SSSR count). The SMILES string of the molecule is Cc1ccccc1-c1cccc(Nc2ccc3c(c2)c2cc(Nc4cccc(-c5ccccc5C)c4)ccc2n3-c2ccc(N)cc2)c1. The lowest BCUT2D eigenvalue weighted by atomic mass is 10.0. The molecule has 4 N–H and O–H groups in total. The molecule has 0 bridgehead atoms. The summed E-state index contributed by atoms with van der Waals surface area (Å²) < 4.78 is 2.31. The molecule has 0 aliphatic heterocycles. The Hall–Kier alpha value is -6.26. The van der Waals surface area contributed by atoms with E-state index in [1.54, 1.807) is 0 Å². The van der Waals surface area contributed by atoms with Gasteiger partial charge < -0.3 is 20.9 Å². The number of nitrogens with two attached hydrogens (primary N) is 1. The summed E-state index contributed by atoms with van der Waals surface area (Å²) in [5.74, 6) is 0. The topological polar surface area (TPSA) is 55.0 Å². The standard InChI is InChI=1S/C44H36N4/c1-29-9-3-5-15-39(29)31-11-7-13-34(25-31)46-36-19-23-43-41(27-36)42-28-37(20-24-44(42)48(43)38-21-17-33(45)18-22-38)47-35-14-8-12-32(26-35)40-16-6-4-10-30(40)2/h3-28,46-47H,45H2,1-2H3. The summed E-state index contributed by atoms with van der Waals surface area (Å²) in [6.45, 7) is 4.31. The fourth-order valence-electron chi connectivity index (χ4n) is 6.74. The zero-order valence-electron chi connectivity index (χ0n) is 27.0. The number of nitrogen functional groups attached to an aromatic ring is 1. The van der Waals surface area contributed by atoms with E-state index in [1.807, 2.05) is 12.1 Å². The third-order valence-electron chi connectivity index (χ3n) is 9.13. The van der Waals surface area contributed by atoms with Crippen LogP contribution in [0.3, 0.4) is 0 Å². The Morgan fingerprint density at radius 2 is 0.896 bits per heavy atom. The molecule has 0 aliphatic carbocycles. The molecule has 1 aromatic heterocycles. The normalized spacial score (nSPS) is 11.2. The molecular weight excluding hydrogens is 585 g/mol. The van der Waals surface area contributed by atoms with Crippen LogP contribution in [0.4, 0.5) is 28.4 Å². The van der Waals surface area contributed by atoms with Crippen molar-refractivity contribution in [3.05, 3.63) is 169 Å². The third kappa shape index (κ3) is 5.54. The monoisotopic (exact) mass is 620 g/mol. The van der Waals surface area contributed by atoms with Crippen LogP contribution in [0.5, 0.6) is 0 Å². The number of nitrogens with zero attached hydrogens (tertiary/aromatic N) is 1. The van der Waals surface area contributed by atoms with Gasteiger partial charge in [-0.15, -0.1) is 0 Å². The van der Waals surface area contributed by atoms with Crippen LogP contribution < -0.4 is 16.4 Å². The quantitative estimate of drug-likeness (QED) is 0.155. The Morgan fingerprint density at radius 3 is 1.38 bits per heavy atom. The molecule has 8 aromatic rings. The van der Waals surface area contributed by atoms with Crippen molar-refractivity contribution in [3.8, 4) is 27.9 Å². The molecule has 0 saturated heterocycles. The van der Waals surface area contributed by atoms with Gasteiger partial charge in [0.05, 0.1) is 11.0 Å². The lowest BCUT2D eigenvalue weighted by molar-refractivity contribution is 1.18. The van der Waals surface area contributed by atoms with Crippen molar-refractivity contribution in [2.75, 3.05) is 16.4 Å². The van der Waals surface area contributed by atoms with Gasteiger partial charge in [-0.3, -0.25) is 0 Å². The van der Waals surface area contributed by atoms with E-state index < -0.39 is 0 Å². The molecule has 4 nitrogen and oxygen atoms in total. The summed E-state index contributed by atoms with van der Waals surface area (Å²) in [6.07, 6.45) is 0. The maximum Gasteiger partial charge on any atom is 0.0542 e. The Bertz CT molecular complexity index is 2290. The van der Waals surface area contributed by atoms with Crippen LogP contribution in [0.1, 0.15) is 11.1 Å². The first kappa shape index (κ1) is 29.2. The second-order valence-corrected chi connectivity index (χ2v) is 12.4. The van der Waals surface area contributed by atoms with E-state index in [-0.39, 0.29) is 0 Å². The van der Waals surface area contributed by atoms with E-state index in [9.17, 15) is 0 Å². The molecule has 1 heterocycles. The lowest BCUT2D eigenvalue weighted by Crippen LogP contribution is -1.95. The van der Waals surface area contributed by atoms with Crippen molar-refractivity contribution in [1.82, 2.24) is 4.57 Å². The van der Waals surface area contributed by atoms with Gasteiger partial charge in [0, 0.05) is 44.9 Å². The van der Waals surface area contributed by atoms with Gasteiger partial charge in [0.25, 0.3) is 0 Å². The van der Waals surface area contributed by atoms with Crippen LogP contribution in [-0.4, -0.2) is 4.57 Å². The maximum absolute atomic E-state index is 6.08. The van der Waals surface area contributed by atoms with Gasteiger partial charge in [0.1, 0.15) is 0 Å². The number of aryl methyl sites for hydroxylation is 2. The van der Waals surface area contributed by atoms with Crippen molar-refractivity contribution in [2.45, 2.75) is 13.8 Å². The summed E-state index contributed by atoms with van der Waals surface area (Å²) in [4.78, 5) is 0. The zero-order chi connectivity index (χ0) is 32.6. The number of aromatic nitrogens is 1. The first-order valence-corrected chi connectivity index (χ1v) is 16.3. The largest absolute Gasteiger partial charge is 0.399 e. The van der Waals surface area contributed by atoms with Crippen LogP contribution in [0.2, 0.25) is 0 Å². The molecule has 7 aromatic carbocycles. The number of hydrogen-bond donors (Lipinski definition) is 3. The van der Waals surface area contributed by atoms with Crippen molar-refractivity contribution in [3.63, 3.8) is 0 Å². The second kappa shape index (κ2) is 12.2. The molecule has 0 unspecified atom stereocenters. The van der Waals surface area contributed by atoms with Crippen molar-refractivity contribution in [2.24, 2.45) is 0 Å². The van der Waals surface area contributed by atoms with Gasteiger partial charge >= 0.3 is 0 Å². The molecular formula is C44H36N4. The molecule has 0 spiro atoms. The minimum absolute atomic E-state index is 0.748. The van der Waals surface area contributed by atoms with Crippen LogP contribution >= 0.6 is 0 Å². The highest BCUT2D eigenvalue weighted by Crippen LogP contribution is 2.37. The summed E-state index contributed by atoms with van der Waals surface area (Å²) in [5, 5.41) is 9.70. The molecule has 0 aliphatic rings. The Labute approximate surface area is 281 Å². The molecule has 0 amide bonds. The maximum atomic E-state index is 6.08. The first-order chi connectivity index (χ1) is 23.5. The molecule has 0 saturated carbocycles. The van der Waals surface area contributed by atoms with Crippen LogP contribution in [0, 0.1) is 13.8 Å². The van der Waals surface area contributed by atoms with Crippen LogP contribution in [0.15, 0.2) is 158 Å². The highest BCUT2D eigenvalue weighted by atomic mass is 15.0. The first-order valence-electron chi connectivity index (χ1n) is 16.3. The van der Waals surface area contributed by atoms with Gasteiger partial charge in [-0.25, -0.2) is 0 Å². The second-order valence-electron chi connectivity index (χ2n) is 12.4. The third-order valence-corrected chi connectivity index (χ3v) is 9.13.